The summed E-state index contributed by atoms with van der Waals surface area (Å²) in [5.74, 6) is 0.697. The van der Waals surface area contributed by atoms with E-state index < -0.39 is 5.82 Å². The standard InChI is InChI=1S/C23H28ClFN4O.HI/c1-2-26-23(27-14-18-8-9-21(25)20(24)12-18)28-15-19-13-22(30)29(16-19)11-10-17-6-4-3-5-7-17;/h3-9,12,19H,2,10-11,13-16H2,1H3,(H2,26,27,28);1H. The normalized spacial score (nSPS) is 16.2. The molecule has 1 aliphatic heterocycles. The van der Waals surface area contributed by atoms with Crippen LogP contribution in [-0.2, 0) is 17.8 Å². The molecule has 168 valence electrons. The molecule has 3 rings (SSSR count). The van der Waals surface area contributed by atoms with E-state index in [9.17, 15) is 9.18 Å². The number of aliphatic imine (C=N–C) groups is 1. The van der Waals surface area contributed by atoms with Gasteiger partial charge in [0.05, 0.1) is 11.6 Å². The molecule has 5 nitrogen and oxygen atoms in total. The number of hydrogen-bond acceptors (Lipinski definition) is 2. The number of rotatable bonds is 8. The van der Waals surface area contributed by atoms with Crippen LogP contribution in [0.4, 0.5) is 4.39 Å². The number of carbonyl (C=O) groups excluding carboxylic acids is 1. The molecule has 0 spiro atoms. The zero-order valence-electron chi connectivity index (χ0n) is 17.6. The van der Waals surface area contributed by atoms with Crippen molar-refractivity contribution in [2.45, 2.75) is 26.3 Å². The summed E-state index contributed by atoms with van der Waals surface area (Å²) in [5, 5.41) is 6.63. The molecule has 0 radical (unpaired) electrons. The minimum Gasteiger partial charge on any atom is -0.357 e. The molecule has 1 heterocycles. The van der Waals surface area contributed by atoms with Crippen molar-refractivity contribution in [1.29, 1.82) is 0 Å². The van der Waals surface area contributed by atoms with E-state index in [1.807, 2.05) is 30.0 Å². The van der Waals surface area contributed by atoms with Crippen LogP contribution in [0.3, 0.4) is 0 Å². The zero-order chi connectivity index (χ0) is 21.3. The van der Waals surface area contributed by atoms with Gasteiger partial charge in [0.25, 0.3) is 0 Å². The van der Waals surface area contributed by atoms with Crippen molar-refractivity contribution in [1.82, 2.24) is 15.5 Å². The quantitative estimate of drug-likeness (QED) is 0.290. The maximum Gasteiger partial charge on any atom is 0.223 e. The van der Waals surface area contributed by atoms with E-state index in [-0.39, 0.29) is 40.8 Å². The first-order valence-electron chi connectivity index (χ1n) is 10.3. The first-order valence-corrected chi connectivity index (χ1v) is 10.7. The monoisotopic (exact) mass is 558 g/mol. The number of carbonyl (C=O) groups is 1. The molecule has 0 aliphatic carbocycles. The summed E-state index contributed by atoms with van der Waals surface area (Å²) in [6, 6.07) is 14.8. The van der Waals surface area contributed by atoms with Crippen molar-refractivity contribution in [2.75, 3.05) is 26.2 Å². The van der Waals surface area contributed by atoms with Crippen LogP contribution in [0.5, 0.6) is 0 Å². The third kappa shape index (κ3) is 7.96. The van der Waals surface area contributed by atoms with Gasteiger partial charge in [-0.15, -0.1) is 24.0 Å². The molecule has 1 saturated heterocycles. The SMILES string of the molecule is CCNC(=NCc1ccc(F)c(Cl)c1)NCC1CC(=O)N(CCc2ccccc2)C1.I. The van der Waals surface area contributed by atoms with Gasteiger partial charge in [0.1, 0.15) is 5.82 Å². The van der Waals surface area contributed by atoms with Crippen molar-refractivity contribution >= 4 is 47.4 Å². The minimum absolute atomic E-state index is 0. The average molecular weight is 559 g/mol. The van der Waals surface area contributed by atoms with Gasteiger partial charge < -0.3 is 15.5 Å². The predicted octanol–water partition coefficient (Wildman–Crippen LogP) is 4.24. The lowest BCUT2D eigenvalue weighted by atomic mass is 10.1. The Bertz CT molecular complexity index is 881. The summed E-state index contributed by atoms with van der Waals surface area (Å²) in [7, 11) is 0. The first-order chi connectivity index (χ1) is 14.5. The van der Waals surface area contributed by atoms with Gasteiger partial charge in [0, 0.05) is 38.5 Å². The zero-order valence-corrected chi connectivity index (χ0v) is 20.7. The third-order valence-corrected chi connectivity index (χ3v) is 5.40. The van der Waals surface area contributed by atoms with Crippen LogP contribution in [-0.4, -0.2) is 42.9 Å². The summed E-state index contributed by atoms with van der Waals surface area (Å²) in [4.78, 5) is 18.8. The fraction of sp³-hybridized carbons (Fsp3) is 0.391. The van der Waals surface area contributed by atoms with Crippen LogP contribution in [0.2, 0.25) is 5.02 Å². The second-order valence-electron chi connectivity index (χ2n) is 7.47. The maximum atomic E-state index is 13.3. The number of amides is 1. The fourth-order valence-corrected chi connectivity index (χ4v) is 3.71. The van der Waals surface area contributed by atoms with E-state index in [0.717, 1.165) is 31.6 Å². The Balaban J connectivity index is 0.00000341. The molecule has 0 aromatic heterocycles. The number of halogens is 3. The summed E-state index contributed by atoms with van der Waals surface area (Å²) in [5.41, 5.74) is 2.08. The molecule has 31 heavy (non-hydrogen) atoms. The highest BCUT2D eigenvalue weighted by atomic mass is 127. The number of hydrogen-bond donors (Lipinski definition) is 2. The van der Waals surface area contributed by atoms with Gasteiger partial charge in [-0.25, -0.2) is 9.38 Å². The number of likely N-dealkylation sites (tertiary alicyclic amines) is 1. The smallest absolute Gasteiger partial charge is 0.223 e. The molecule has 0 bridgehead atoms. The molecule has 1 unspecified atom stereocenters. The van der Waals surface area contributed by atoms with Crippen molar-refractivity contribution in [3.05, 3.63) is 70.5 Å². The third-order valence-electron chi connectivity index (χ3n) is 5.11. The molecule has 2 N–H and O–H groups in total. The largest absolute Gasteiger partial charge is 0.357 e. The topological polar surface area (TPSA) is 56.7 Å². The molecule has 2 aromatic carbocycles. The molecule has 1 fully saturated rings. The first kappa shape index (κ1) is 25.4. The summed E-state index contributed by atoms with van der Waals surface area (Å²) >= 11 is 5.84. The van der Waals surface area contributed by atoms with Crippen molar-refractivity contribution in [3.63, 3.8) is 0 Å². The number of benzene rings is 2. The Morgan fingerprint density at radius 2 is 1.97 bits per heavy atom. The van der Waals surface area contributed by atoms with Crippen molar-refractivity contribution in [2.24, 2.45) is 10.9 Å². The summed E-state index contributed by atoms with van der Waals surface area (Å²) < 4.78 is 13.3. The van der Waals surface area contributed by atoms with Gasteiger partial charge in [-0.3, -0.25) is 4.79 Å². The van der Waals surface area contributed by atoms with Crippen LogP contribution in [0.15, 0.2) is 53.5 Å². The lowest BCUT2D eigenvalue weighted by Gasteiger charge is -2.18. The van der Waals surface area contributed by atoms with Crippen LogP contribution in [0.25, 0.3) is 0 Å². The Labute approximate surface area is 205 Å². The number of nitrogens with one attached hydrogen (secondary N) is 2. The Morgan fingerprint density at radius 1 is 1.19 bits per heavy atom. The highest BCUT2D eigenvalue weighted by Crippen LogP contribution is 2.18. The molecular formula is C23H29ClFIN4O. The highest BCUT2D eigenvalue weighted by Gasteiger charge is 2.29. The maximum absolute atomic E-state index is 13.3. The van der Waals surface area contributed by atoms with E-state index in [0.29, 0.717) is 25.5 Å². The molecular weight excluding hydrogens is 530 g/mol. The van der Waals surface area contributed by atoms with Crippen LogP contribution >= 0.6 is 35.6 Å². The molecule has 2 aromatic rings. The van der Waals surface area contributed by atoms with Crippen LogP contribution in [0, 0.1) is 11.7 Å². The van der Waals surface area contributed by atoms with Crippen molar-refractivity contribution < 1.29 is 9.18 Å². The van der Waals surface area contributed by atoms with Crippen molar-refractivity contribution in [3.8, 4) is 0 Å². The Hall–Kier alpha value is -1.87. The second-order valence-corrected chi connectivity index (χ2v) is 7.88. The van der Waals surface area contributed by atoms with Crippen LogP contribution < -0.4 is 10.6 Å². The van der Waals surface area contributed by atoms with Gasteiger partial charge in [-0.05, 0) is 36.6 Å². The second kappa shape index (κ2) is 12.9. The van der Waals surface area contributed by atoms with E-state index >= 15 is 0 Å². The highest BCUT2D eigenvalue weighted by molar-refractivity contribution is 14.0. The lowest BCUT2D eigenvalue weighted by Crippen LogP contribution is -2.40. The molecule has 8 heteroatoms. The number of nitrogens with zero attached hydrogens (tertiary/aromatic N) is 2. The summed E-state index contributed by atoms with van der Waals surface area (Å²) in [6.45, 7) is 5.29. The van der Waals surface area contributed by atoms with Gasteiger partial charge in [-0.2, -0.15) is 0 Å². The fourth-order valence-electron chi connectivity index (χ4n) is 3.51. The van der Waals surface area contributed by atoms with Gasteiger partial charge in [-0.1, -0.05) is 48.0 Å². The van der Waals surface area contributed by atoms with Gasteiger partial charge in [0.2, 0.25) is 5.91 Å². The minimum atomic E-state index is -0.433. The Kier molecular flexibility index (Phi) is 10.5. The average Bonchev–Trinajstić information content (AvgIpc) is 3.11. The predicted molar refractivity (Wildman–Crippen MR) is 134 cm³/mol. The van der Waals surface area contributed by atoms with E-state index in [2.05, 4.69) is 27.8 Å². The number of guanidine groups is 1. The lowest BCUT2D eigenvalue weighted by molar-refractivity contribution is -0.127. The van der Waals surface area contributed by atoms with Gasteiger partial charge >= 0.3 is 0 Å². The van der Waals surface area contributed by atoms with E-state index in [4.69, 9.17) is 11.6 Å². The van der Waals surface area contributed by atoms with Gasteiger partial charge in [0.15, 0.2) is 5.96 Å². The van der Waals surface area contributed by atoms with Crippen LogP contribution in [0.1, 0.15) is 24.5 Å². The summed E-state index contributed by atoms with van der Waals surface area (Å²) in [6.07, 6.45) is 1.42. The molecule has 1 aliphatic rings. The molecule has 1 amide bonds. The molecule has 0 saturated carbocycles. The van der Waals surface area contributed by atoms with E-state index in [1.165, 1.54) is 11.6 Å². The molecule has 1 atom stereocenters. The Morgan fingerprint density at radius 3 is 2.68 bits per heavy atom. The van der Waals surface area contributed by atoms with E-state index in [1.54, 1.807) is 12.1 Å².